The van der Waals surface area contributed by atoms with Crippen LogP contribution in [0.1, 0.15) is 23.0 Å². The monoisotopic (exact) mass is 263 g/mol. The molecule has 0 aliphatic rings. The Kier molecular flexibility index (Phi) is 3.52. The predicted octanol–water partition coefficient (Wildman–Crippen LogP) is 1.33. The van der Waals surface area contributed by atoms with Crippen LogP contribution >= 0.6 is 12.2 Å². The minimum Gasteiger partial charge on any atom is -0.389 e. The van der Waals surface area contributed by atoms with Crippen molar-refractivity contribution in [2.45, 2.75) is 20.4 Å². The molecule has 0 amide bonds. The first kappa shape index (κ1) is 12.4. The van der Waals surface area contributed by atoms with Gasteiger partial charge in [-0.25, -0.2) is 4.98 Å². The first-order chi connectivity index (χ1) is 8.54. The summed E-state index contributed by atoms with van der Waals surface area (Å²) in [5.74, 6) is 1.79. The lowest BCUT2D eigenvalue weighted by Gasteiger charge is -2.06. The molecule has 0 fully saturated rings. The number of nitrogens with one attached hydrogen (secondary N) is 1. The van der Waals surface area contributed by atoms with Gasteiger partial charge < -0.3 is 15.6 Å². The molecular formula is C11H13N5OS. The summed E-state index contributed by atoms with van der Waals surface area (Å²) in [5, 5.41) is 6.79. The number of thiocarbonyl (C=S) groups is 1. The molecule has 0 spiro atoms. The van der Waals surface area contributed by atoms with Crippen LogP contribution in [-0.4, -0.2) is 20.1 Å². The van der Waals surface area contributed by atoms with E-state index in [0.29, 0.717) is 29.1 Å². The molecular weight excluding hydrogens is 250 g/mol. The fraction of sp³-hybridized carbons (Fsp3) is 0.273. The summed E-state index contributed by atoms with van der Waals surface area (Å²) in [5.41, 5.74) is 7.21. The number of hydrogen-bond acceptors (Lipinski definition) is 6. The minimum atomic E-state index is 0.345. The number of hydrogen-bond donors (Lipinski definition) is 2. The minimum absolute atomic E-state index is 0.345. The van der Waals surface area contributed by atoms with E-state index in [9.17, 15) is 0 Å². The summed E-state index contributed by atoms with van der Waals surface area (Å²) in [6.07, 6.45) is 0. The largest absolute Gasteiger partial charge is 0.389 e. The highest BCUT2D eigenvalue weighted by Crippen LogP contribution is 2.11. The number of aromatic nitrogens is 3. The van der Waals surface area contributed by atoms with Crippen molar-refractivity contribution in [2.24, 2.45) is 5.73 Å². The molecule has 0 atom stereocenters. The van der Waals surface area contributed by atoms with Crippen LogP contribution < -0.4 is 11.1 Å². The molecule has 18 heavy (non-hydrogen) atoms. The molecule has 7 heteroatoms. The first-order valence-corrected chi connectivity index (χ1v) is 5.77. The second-order valence-corrected chi connectivity index (χ2v) is 4.28. The molecule has 0 saturated carbocycles. The summed E-state index contributed by atoms with van der Waals surface area (Å²) >= 11 is 4.94. The molecule has 2 aromatic rings. The van der Waals surface area contributed by atoms with Crippen molar-refractivity contribution in [1.82, 2.24) is 15.1 Å². The lowest BCUT2D eigenvalue weighted by atomic mass is 10.2. The lowest BCUT2D eigenvalue weighted by molar-refractivity contribution is 0.379. The highest BCUT2D eigenvalue weighted by Gasteiger charge is 2.05. The van der Waals surface area contributed by atoms with E-state index in [2.05, 4.69) is 20.4 Å². The number of rotatable bonds is 4. The lowest BCUT2D eigenvalue weighted by Crippen LogP contribution is -2.11. The number of nitrogens with two attached hydrogens (primary N) is 1. The highest BCUT2D eigenvalue weighted by atomic mass is 32.1. The molecule has 6 nitrogen and oxygen atoms in total. The molecule has 0 saturated heterocycles. The van der Waals surface area contributed by atoms with E-state index in [1.165, 1.54) is 0 Å². The number of nitrogens with zero attached hydrogens (tertiary/aromatic N) is 3. The fourth-order valence-electron chi connectivity index (χ4n) is 1.48. The number of pyridine rings is 1. The molecule has 0 radical (unpaired) electrons. The Bertz CT molecular complexity index is 581. The van der Waals surface area contributed by atoms with Crippen LogP contribution in [-0.2, 0) is 6.54 Å². The molecule has 2 heterocycles. The van der Waals surface area contributed by atoms with Gasteiger partial charge in [-0.1, -0.05) is 17.4 Å². The van der Waals surface area contributed by atoms with Crippen molar-refractivity contribution in [1.29, 1.82) is 0 Å². The Morgan fingerprint density at radius 3 is 2.78 bits per heavy atom. The average molecular weight is 263 g/mol. The average Bonchev–Trinajstić information content (AvgIpc) is 2.72. The third-order valence-corrected chi connectivity index (χ3v) is 2.46. The molecule has 0 bridgehead atoms. The van der Waals surface area contributed by atoms with Crippen LogP contribution in [0.5, 0.6) is 0 Å². The summed E-state index contributed by atoms with van der Waals surface area (Å²) in [6.45, 7) is 4.06. The number of anilines is 1. The molecule has 2 rings (SSSR count). The van der Waals surface area contributed by atoms with Gasteiger partial charge in [-0.2, -0.15) is 4.98 Å². The quantitative estimate of drug-likeness (QED) is 0.804. The van der Waals surface area contributed by atoms with Gasteiger partial charge in [-0.15, -0.1) is 0 Å². The standard InChI is InChI=1S/C11H13N5OS/c1-6-3-8(11(12)18)4-9(14-6)13-5-10-15-7(2)16-17-10/h3-4H,5H2,1-2H3,(H2,12,18)(H,13,14). The maximum absolute atomic E-state index is 5.60. The molecule has 0 unspecified atom stereocenters. The normalized spacial score (nSPS) is 10.3. The highest BCUT2D eigenvalue weighted by molar-refractivity contribution is 7.80. The van der Waals surface area contributed by atoms with Crippen LogP contribution in [0.2, 0.25) is 0 Å². The van der Waals surface area contributed by atoms with E-state index < -0.39 is 0 Å². The predicted molar refractivity (Wildman–Crippen MR) is 71.2 cm³/mol. The topological polar surface area (TPSA) is 89.9 Å². The summed E-state index contributed by atoms with van der Waals surface area (Å²) < 4.78 is 4.99. The van der Waals surface area contributed by atoms with Crippen molar-refractivity contribution in [2.75, 3.05) is 5.32 Å². The van der Waals surface area contributed by atoms with Crippen LogP contribution in [0.25, 0.3) is 0 Å². The molecule has 3 N–H and O–H groups in total. The van der Waals surface area contributed by atoms with E-state index in [1.807, 2.05) is 13.0 Å². The fourth-order valence-corrected chi connectivity index (χ4v) is 1.60. The van der Waals surface area contributed by atoms with Gasteiger partial charge in [0.05, 0.1) is 6.54 Å². The zero-order chi connectivity index (χ0) is 13.1. The zero-order valence-corrected chi connectivity index (χ0v) is 10.9. The van der Waals surface area contributed by atoms with Crippen LogP contribution in [0, 0.1) is 13.8 Å². The Hall–Kier alpha value is -2.02. The second-order valence-electron chi connectivity index (χ2n) is 3.84. The maximum Gasteiger partial charge on any atom is 0.245 e. The third-order valence-electron chi connectivity index (χ3n) is 2.23. The van der Waals surface area contributed by atoms with Gasteiger partial charge >= 0.3 is 0 Å². The van der Waals surface area contributed by atoms with Crippen LogP contribution in [0.4, 0.5) is 5.82 Å². The van der Waals surface area contributed by atoms with Crippen molar-refractivity contribution in [3.63, 3.8) is 0 Å². The van der Waals surface area contributed by atoms with E-state index in [4.69, 9.17) is 22.5 Å². The second kappa shape index (κ2) is 5.09. The van der Waals surface area contributed by atoms with Gasteiger partial charge in [0.1, 0.15) is 10.8 Å². The zero-order valence-electron chi connectivity index (χ0n) is 10.1. The van der Waals surface area contributed by atoms with Gasteiger partial charge in [0.2, 0.25) is 5.89 Å². The summed E-state index contributed by atoms with van der Waals surface area (Å²) in [4.78, 5) is 8.75. The molecule has 2 aromatic heterocycles. The third kappa shape index (κ3) is 3.01. The Morgan fingerprint density at radius 1 is 1.39 bits per heavy atom. The van der Waals surface area contributed by atoms with Crippen molar-refractivity contribution < 1.29 is 4.52 Å². The van der Waals surface area contributed by atoms with Gasteiger partial charge in [0.25, 0.3) is 0 Å². The molecule has 94 valence electrons. The summed E-state index contributed by atoms with van der Waals surface area (Å²) in [7, 11) is 0. The van der Waals surface area contributed by atoms with Gasteiger partial charge in [0.15, 0.2) is 5.82 Å². The van der Waals surface area contributed by atoms with Crippen LogP contribution in [0.3, 0.4) is 0 Å². The van der Waals surface area contributed by atoms with Gasteiger partial charge in [-0.3, -0.25) is 0 Å². The van der Waals surface area contributed by atoms with E-state index >= 15 is 0 Å². The van der Waals surface area contributed by atoms with Gasteiger partial charge in [-0.05, 0) is 26.0 Å². The van der Waals surface area contributed by atoms with E-state index in [1.54, 1.807) is 13.0 Å². The SMILES string of the molecule is Cc1cc(C(N)=S)cc(NCc2nc(C)no2)n1. The molecule has 0 aromatic carbocycles. The summed E-state index contributed by atoms with van der Waals surface area (Å²) in [6, 6.07) is 3.63. The molecule has 0 aliphatic carbocycles. The van der Waals surface area contributed by atoms with Gasteiger partial charge in [0, 0.05) is 11.3 Å². The Labute approximate surface area is 110 Å². The van der Waals surface area contributed by atoms with Crippen LogP contribution in [0.15, 0.2) is 16.7 Å². The Morgan fingerprint density at radius 2 is 2.17 bits per heavy atom. The van der Waals surface area contributed by atoms with Crippen molar-refractivity contribution >= 4 is 23.0 Å². The van der Waals surface area contributed by atoms with E-state index in [0.717, 1.165) is 11.3 Å². The maximum atomic E-state index is 5.60. The van der Waals surface area contributed by atoms with Crippen molar-refractivity contribution in [3.05, 3.63) is 35.1 Å². The smallest absolute Gasteiger partial charge is 0.245 e. The van der Waals surface area contributed by atoms with E-state index in [-0.39, 0.29) is 0 Å². The number of aryl methyl sites for hydroxylation is 2. The first-order valence-electron chi connectivity index (χ1n) is 5.36. The van der Waals surface area contributed by atoms with Crippen molar-refractivity contribution in [3.8, 4) is 0 Å². The Balaban J connectivity index is 2.11. The molecule has 0 aliphatic heterocycles.